The third kappa shape index (κ3) is 3.90. The van der Waals surface area contributed by atoms with Gasteiger partial charge in [0.1, 0.15) is 5.69 Å². The van der Waals surface area contributed by atoms with Crippen LogP contribution in [0.5, 0.6) is 0 Å². The van der Waals surface area contributed by atoms with Crippen molar-refractivity contribution in [2.75, 3.05) is 26.2 Å². The minimum atomic E-state index is -1.03. The third-order valence-corrected chi connectivity index (χ3v) is 5.30. The Balaban J connectivity index is 1.46. The SMILES string of the molecule is NC(=O)C(=O)c1[nH]cc2ccc(C(=O)N3CCN(Cc4ccccc4)CC3)cc12. The van der Waals surface area contributed by atoms with E-state index < -0.39 is 11.7 Å². The first-order valence-electron chi connectivity index (χ1n) is 9.54. The van der Waals surface area contributed by atoms with Gasteiger partial charge in [-0.3, -0.25) is 19.3 Å². The van der Waals surface area contributed by atoms with E-state index in [1.165, 1.54) is 5.56 Å². The molecule has 0 atom stereocenters. The zero-order chi connectivity index (χ0) is 20.4. The summed E-state index contributed by atoms with van der Waals surface area (Å²) in [7, 11) is 0. The summed E-state index contributed by atoms with van der Waals surface area (Å²) in [5.41, 5.74) is 6.99. The van der Waals surface area contributed by atoms with Crippen LogP contribution in [-0.4, -0.2) is 58.6 Å². The van der Waals surface area contributed by atoms with Crippen molar-refractivity contribution in [3.05, 3.63) is 71.5 Å². The normalized spacial score (nSPS) is 14.8. The molecule has 1 aliphatic heterocycles. The fourth-order valence-electron chi connectivity index (χ4n) is 3.70. The number of nitrogens with two attached hydrogens (primary N) is 1. The maximum absolute atomic E-state index is 13.0. The van der Waals surface area contributed by atoms with Gasteiger partial charge in [-0.15, -0.1) is 0 Å². The van der Waals surface area contributed by atoms with Crippen molar-refractivity contribution in [3.8, 4) is 0 Å². The van der Waals surface area contributed by atoms with Crippen molar-refractivity contribution >= 4 is 28.4 Å². The number of fused-ring (bicyclic) bond motifs is 1. The Morgan fingerprint density at radius 3 is 2.38 bits per heavy atom. The molecule has 4 rings (SSSR count). The second-order valence-corrected chi connectivity index (χ2v) is 7.21. The Labute approximate surface area is 168 Å². The second-order valence-electron chi connectivity index (χ2n) is 7.21. The minimum Gasteiger partial charge on any atom is -0.363 e. The molecule has 148 valence electrons. The number of ketones is 1. The van der Waals surface area contributed by atoms with Crippen LogP contribution in [0.3, 0.4) is 0 Å². The summed E-state index contributed by atoms with van der Waals surface area (Å²) in [4.78, 5) is 43.1. The van der Waals surface area contributed by atoms with Crippen molar-refractivity contribution in [2.24, 2.45) is 5.73 Å². The quantitative estimate of drug-likeness (QED) is 0.512. The average molecular weight is 390 g/mol. The molecule has 0 bridgehead atoms. The lowest BCUT2D eigenvalue weighted by Gasteiger charge is -2.34. The van der Waals surface area contributed by atoms with Crippen LogP contribution in [0.15, 0.2) is 54.7 Å². The van der Waals surface area contributed by atoms with E-state index in [0.29, 0.717) is 24.0 Å². The lowest BCUT2D eigenvalue weighted by atomic mass is 10.1. The molecule has 1 aromatic heterocycles. The number of H-pyrrole nitrogens is 1. The summed E-state index contributed by atoms with van der Waals surface area (Å²) in [5.74, 6) is -1.90. The van der Waals surface area contributed by atoms with Gasteiger partial charge in [0.05, 0.1) is 0 Å². The third-order valence-electron chi connectivity index (χ3n) is 5.30. The first-order valence-corrected chi connectivity index (χ1v) is 9.54. The molecule has 1 fully saturated rings. The molecule has 1 aliphatic rings. The molecular formula is C22H22N4O3. The molecular weight excluding hydrogens is 368 g/mol. The molecule has 1 saturated heterocycles. The van der Waals surface area contributed by atoms with Gasteiger partial charge in [-0.25, -0.2) is 0 Å². The number of hydrogen-bond acceptors (Lipinski definition) is 4. The maximum atomic E-state index is 13.0. The maximum Gasteiger partial charge on any atom is 0.291 e. The van der Waals surface area contributed by atoms with Gasteiger partial charge in [0.25, 0.3) is 17.6 Å². The first-order chi connectivity index (χ1) is 14.0. The minimum absolute atomic E-state index is 0.0788. The highest BCUT2D eigenvalue weighted by Crippen LogP contribution is 2.22. The summed E-state index contributed by atoms with van der Waals surface area (Å²) in [5, 5.41) is 1.28. The molecule has 3 N–H and O–H groups in total. The number of nitrogens with zero attached hydrogens (tertiary/aromatic N) is 2. The van der Waals surface area contributed by atoms with Crippen LogP contribution in [0.1, 0.15) is 26.4 Å². The molecule has 2 aromatic carbocycles. The van der Waals surface area contributed by atoms with Crippen LogP contribution in [0.25, 0.3) is 10.8 Å². The van der Waals surface area contributed by atoms with Gasteiger partial charge in [0, 0.05) is 49.9 Å². The van der Waals surface area contributed by atoms with Gasteiger partial charge in [-0.05, 0) is 23.1 Å². The highest BCUT2D eigenvalue weighted by molar-refractivity contribution is 6.44. The molecule has 7 nitrogen and oxygen atoms in total. The van der Waals surface area contributed by atoms with E-state index in [-0.39, 0.29) is 11.6 Å². The first kappa shape index (κ1) is 18.9. The number of aromatic nitrogens is 1. The van der Waals surface area contributed by atoms with Crippen molar-refractivity contribution < 1.29 is 14.4 Å². The number of Topliss-reactive ketones (excluding diaryl/α,β-unsaturated/α-hetero) is 1. The van der Waals surface area contributed by atoms with Crippen molar-refractivity contribution in [1.82, 2.24) is 14.8 Å². The molecule has 0 saturated carbocycles. The van der Waals surface area contributed by atoms with E-state index in [2.05, 4.69) is 22.0 Å². The van der Waals surface area contributed by atoms with Crippen LogP contribution in [0, 0.1) is 0 Å². The molecule has 0 spiro atoms. The number of nitrogens with one attached hydrogen (secondary N) is 1. The Bertz CT molecular complexity index is 1070. The van der Waals surface area contributed by atoms with Gasteiger partial charge < -0.3 is 15.6 Å². The van der Waals surface area contributed by atoms with Crippen LogP contribution < -0.4 is 5.73 Å². The molecule has 0 unspecified atom stereocenters. The van der Waals surface area contributed by atoms with E-state index in [9.17, 15) is 14.4 Å². The number of carbonyl (C=O) groups excluding carboxylic acids is 3. The molecule has 2 heterocycles. The van der Waals surface area contributed by atoms with Crippen molar-refractivity contribution in [1.29, 1.82) is 0 Å². The number of rotatable bonds is 5. The highest BCUT2D eigenvalue weighted by Gasteiger charge is 2.24. The van der Waals surface area contributed by atoms with Crippen molar-refractivity contribution in [2.45, 2.75) is 6.54 Å². The number of benzene rings is 2. The predicted octanol–water partition coefficient (Wildman–Crippen LogP) is 1.79. The molecule has 29 heavy (non-hydrogen) atoms. The van der Waals surface area contributed by atoms with Crippen LogP contribution in [0.2, 0.25) is 0 Å². The number of amides is 2. The van der Waals surface area contributed by atoms with Gasteiger partial charge in [-0.1, -0.05) is 36.4 Å². The lowest BCUT2D eigenvalue weighted by Crippen LogP contribution is -2.48. The number of hydrogen-bond donors (Lipinski definition) is 2. The standard InChI is InChI=1S/C22H22N4O3/c23-21(28)20(27)19-18-12-16(6-7-17(18)13-24-19)22(29)26-10-8-25(9-11-26)14-15-4-2-1-3-5-15/h1-7,12-13,24H,8-11,14H2,(H2,23,28). The van der Waals surface area contributed by atoms with E-state index in [0.717, 1.165) is 25.0 Å². The zero-order valence-electron chi connectivity index (χ0n) is 15.9. The summed E-state index contributed by atoms with van der Waals surface area (Å²) in [6, 6.07) is 15.4. The largest absolute Gasteiger partial charge is 0.363 e. The Morgan fingerprint density at radius 1 is 0.966 bits per heavy atom. The number of primary amides is 1. The van der Waals surface area contributed by atoms with Crippen molar-refractivity contribution in [3.63, 3.8) is 0 Å². The monoisotopic (exact) mass is 390 g/mol. The number of aromatic amines is 1. The van der Waals surface area contributed by atoms with Crippen LogP contribution >= 0.6 is 0 Å². The predicted molar refractivity (Wildman–Crippen MR) is 109 cm³/mol. The van der Waals surface area contributed by atoms with E-state index in [4.69, 9.17) is 5.73 Å². The van der Waals surface area contributed by atoms with E-state index in [1.807, 2.05) is 23.1 Å². The Hall–Kier alpha value is -3.45. The fourth-order valence-corrected chi connectivity index (χ4v) is 3.70. The Kier molecular flexibility index (Phi) is 5.14. The van der Waals surface area contributed by atoms with Crippen LogP contribution in [-0.2, 0) is 11.3 Å². The van der Waals surface area contributed by atoms with E-state index >= 15 is 0 Å². The molecule has 0 radical (unpaired) electrons. The summed E-state index contributed by atoms with van der Waals surface area (Å²) in [6.45, 7) is 3.77. The summed E-state index contributed by atoms with van der Waals surface area (Å²) >= 11 is 0. The van der Waals surface area contributed by atoms with Gasteiger partial charge in [0.2, 0.25) is 0 Å². The zero-order valence-corrected chi connectivity index (χ0v) is 15.9. The van der Waals surface area contributed by atoms with Gasteiger partial charge >= 0.3 is 0 Å². The molecule has 2 amide bonds. The number of carbonyl (C=O) groups is 3. The Morgan fingerprint density at radius 2 is 1.69 bits per heavy atom. The van der Waals surface area contributed by atoms with Crippen LogP contribution in [0.4, 0.5) is 0 Å². The average Bonchev–Trinajstić information content (AvgIpc) is 3.17. The molecule has 0 aliphatic carbocycles. The lowest BCUT2D eigenvalue weighted by molar-refractivity contribution is -0.114. The highest BCUT2D eigenvalue weighted by atomic mass is 16.2. The smallest absolute Gasteiger partial charge is 0.291 e. The molecule has 7 heteroatoms. The fraction of sp³-hybridized carbons (Fsp3) is 0.227. The second kappa shape index (κ2) is 7.89. The number of piperazine rings is 1. The van der Waals surface area contributed by atoms with E-state index in [1.54, 1.807) is 24.4 Å². The van der Waals surface area contributed by atoms with Gasteiger partial charge in [0.15, 0.2) is 0 Å². The van der Waals surface area contributed by atoms with Gasteiger partial charge in [-0.2, -0.15) is 0 Å². The summed E-state index contributed by atoms with van der Waals surface area (Å²) in [6.07, 6.45) is 1.63. The summed E-state index contributed by atoms with van der Waals surface area (Å²) < 4.78 is 0. The topological polar surface area (TPSA) is 99.5 Å². The molecule has 3 aromatic rings.